The van der Waals surface area contributed by atoms with Crippen molar-refractivity contribution in [2.75, 3.05) is 11.9 Å². The number of benzene rings is 1. The zero-order valence-corrected chi connectivity index (χ0v) is 18.0. The molecular formula is C21H24N4O5S. The van der Waals surface area contributed by atoms with Crippen LogP contribution in [0, 0.1) is 6.92 Å². The van der Waals surface area contributed by atoms with Crippen molar-refractivity contribution in [1.82, 2.24) is 16.2 Å². The molecule has 10 heteroatoms. The van der Waals surface area contributed by atoms with Gasteiger partial charge in [0.25, 0.3) is 0 Å². The molecule has 3 amide bonds. The average Bonchev–Trinajstić information content (AvgIpc) is 3.16. The van der Waals surface area contributed by atoms with Crippen LogP contribution >= 0.6 is 12.2 Å². The Labute approximate surface area is 185 Å². The monoisotopic (exact) mass is 444 g/mol. The first-order chi connectivity index (χ1) is 14.9. The fraction of sp³-hybridized carbons (Fsp3) is 0.238. The number of carbonyl (C=O) groups is 3. The predicted molar refractivity (Wildman–Crippen MR) is 120 cm³/mol. The Balaban J connectivity index is 1.64. The highest BCUT2D eigenvalue weighted by Gasteiger charge is 2.08. The topological polar surface area (TPSA) is 122 Å². The summed E-state index contributed by atoms with van der Waals surface area (Å²) in [6, 6.07) is 10.4. The molecule has 2 rings (SSSR count). The van der Waals surface area contributed by atoms with E-state index in [0.717, 1.165) is 5.76 Å². The van der Waals surface area contributed by atoms with Gasteiger partial charge in [-0.05, 0) is 68.5 Å². The van der Waals surface area contributed by atoms with E-state index in [1.165, 1.54) is 12.2 Å². The van der Waals surface area contributed by atoms with Gasteiger partial charge in [-0.25, -0.2) is 0 Å². The standard InChI is InChI=1S/C21H24N4O5S/c1-3-29-16-8-5-15(6-9-16)22-18(26)12-13-20(28)24-25-21(31)23-19(27)11-10-17-7-4-14(2)30-17/h4-11H,3,12-13H2,1-2H3,(H,22,26)(H,24,28)(H2,23,25,27,31). The second kappa shape index (κ2) is 12.1. The number of nitrogens with one attached hydrogen (secondary N) is 4. The van der Waals surface area contributed by atoms with Crippen LogP contribution in [0.3, 0.4) is 0 Å². The minimum absolute atomic E-state index is 0.0227. The first-order valence-electron chi connectivity index (χ1n) is 9.52. The van der Waals surface area contributed by atoms with Crippen molar-refractivity contribution in [3.8, 4) is 5.75 Å². The third-order valence-electron chi connectivity index (χ3n) is 3.74. The molecule has 0 saturated heterocycles. The summed E-state index contributed by atoms with van der Waals surface area (Å²) in [5, 5.41) is 4.98. The first-order valence-corrected chi connectivity index (χ1v) is 9.93. The van der Waals surface area contributed by atoms with E-state index in [-0.39, 0.29) is 23.9 Å². The molecule has 0 unspecified atom stereocenters. The summed E-state index contributed by atoms with van der Waals surface area (Å²) in [6.07, 6.45) is 2.65. The van der Waals surface area contributed by atoms with Crippen molar-refractivity contribution in [3.05, 3.63) is 54.0 Å². The van der Waals surface area contributed by atoms with Crippen molar-refractivity contribution in [2.45, 2.75) is 26.7 Å². The van der Waals surface area contributed by atoms with Crippen LogP contribution in [0.4, 0.5) is 5.69 Å². The molecule has 0 aliphatic heterocycles. The summed E-state index contributed by atoms with van der Waals surface area (Å²) in [5.41, 5.74) is 5.33. The highest BCUT2D eigenvalue weighted by Crippen LogP contribution is 2.15. The molecule has 0 aliphatic rings. The van der Waals surface area contributed by atoms with Crippen LogP contribution in [0.25, 0.3) is 6.08 Å². The van der Waals surface area contributed by atoms with Crippen molar-refractivity contribution in [1.29, 1.82) is 0 Å². The zero-order valence-electron chi connectivity index (χ0n) is 17.2. The maximum Gasteiger partial charge on any atom is 0.250 e. The number of aryl methyl sites for hydroxylation is 1. The lowest BCUT2D eigenvalue weighted by atomic mass is 10.2. The van der Waals surface area contributed by atoms with E-state index < -0.39 is 11.8 Å². The third kappa shape index (κ3) is 9.13. The van der Waals surface area contributed by atoms with Gasteiger partial charge in [0.15, 0.2) is 5.11 Å². The number of rotatable bonds is 8. The van der Waals surface area contributed by atoms with Crippen molar-refractivity contribution in [2.24, 2.45) is 0 Å². The van der Waals surface area contributed by atoms with Crippen LogP contribution < -0.4 is 26.2 Å². The molecular weight excluding hydrogens is 420 g/mol. The summed E-state index contributed by atoms with van der Waals surface area (Å²) >= 11 is 4.93. The Morgan fingerprint density at radius 2 is 1.74 bits per heavy atom. The number of ether oxygens (including phenoxy) is 1. The molecule has 2 aromatic rings. The third-order valence-corrected chi connectivity index (χ3v) is 3.94. The van der Waals surface area contributed by atoms with Gasteiger partial charge in [-0.1, -0.05) is 0 Å². The maximum atomic E-state index is 12.0. The molecule has 0 bridgehead atoms. The Hall–Kier alpha value is -3.66. The van der Waals surface area contributed by atoms with Crippen LogP contribution in [0.1, 0.15) is 31.3 Å². The summed E-state index contributed by atoms with van der Waals surface area (Å²) in [4.78, 5) is 35.6. The second-order valence-corrected chi connectivity index (χ2v) is 6.69. The van der Waals surface area contributed by atoms with Gasteiger partial charge in [-0.3, -0.25) is 30.6 Å². The van der Waals surface area contributed by atoms with Crippen molar-refractivity contribution < 1.29 is 23.5 Å². The Morgan fingerprint density at radius 1 is 1.03 bits per heavy atom. The largest absolute Gasteiger partial charge is 0.494 e. The smallest absolute Gasteiger partial charge is 0.250 e. The molecule has 0 radical (unpaired) electrons. The Kier molecular flexibility index (Phi) is 9.24. The molecule has 1 heterocycles. The summed E-state index contributed by atoms with van der Waals surface area (Å²) in [6.45, 7) is 4.24. The first kappa shape index (κ1) is 23.6. The lowest BCUT2D eigenvalue weighted by Crippen LogP contribution is -2.48. The number of carbonyl (C=O) groups excluding carboxylic acids is 3. The zero-order chi connectivity index (χ0) is 22.6. The van der Waals surface area contributed by atoms with Crippen LogP contribution in [0.2, 0.25) is 0 Å². The van der Waals surface area contributed by atoms with Crippen LogP contribution in [0.5, 0.6) is 5.75 Å². The van der Waals surface area contributed by atoms with E-state index in [0.29, 0.717) is 23.8 Å². The van der Waals surface area contributed by atoms with Crippen LogP contribution in [-0.2, 0) is 14.4 Å². The number of furan rings is 1. The summed E-state index contributed by atoms with van der Waals surface area (Å²) in [7, 11) is 0. The molecule has 31 heavy (non-hydrogen) atoms. The van der Waals surface area contributed by atoms with E-state index in [4.69, 9.17) is 21.4 Å². The average molecular weight is 445 g/mol. The van der Waals surface area contributed by atoms with Crippen molar-refractivity contribution >= 4 is 46.8 Å². The number of anilines is 1. The molecule has 1 aromatic carbocycles. The number of amides is 3. The van der Waals surface area contributed by atoms with Gasteiger partial charge in [0, 0.05) is 24.6 Å². The fourth-order valence-electron chi connectivity index (χ4n) is 2.33. The highest BCUT2D eigenvalue weighted by molar-refractivity contribution is 7.80. The molecule has 9 nitrogen and oxygen atoms in total. The Morgan fingerprint density at radius 3 is 2.39 bits per heavy atom. The van der Waals surface area contributed by atoms with Crippen LogP contribution in [0.15, 0.2) is 46.9 Å². The van der Waals surface area contributed by atoms with E-state index in [2.05, 4.69) is 21.5 Å². The number of thiocarbonyl (C=S) groups is 1. The second-order valence-electron chi connectivity index (χ2n) is 6.28. The molecule has 0 atom stereocenters. The SMILES string of the molecule is CCOc1ccc(NC(=O)CCC(=O)NNC(=S)NC(=O)C=Cc2ccc(C)o2)cc1. The minimum atomic E-state index is -0.490. The van der Waals surface area contributed by atoms with E-state index in [1.54, 1.807) is 43.3 Å². The Bertz CT molecular complexity index is 953. The molecule has 0 aliphatic carbocycles. The van der Waals surface area contributed by atoms with Gasteiger partial charge in [0.05, 0.1) is 6.61 Å². The highest BCUT2D eigenvalue weighted by atomic mass is 32.1. The van der Waals surface area contributed by atoms with E-state index >= 15 is 0 Å². The fourth-order valence-corrected chi connectivity index (χ4v) is 2.48. The molecule has 1 aromatic heterocycles. The van der Waals surface area contributed by atoms with Gasteiger partial charge in [0.2, 0.25) is 17.7 Å². The predicted octanol–water partition coefficient (Wildman–Crippen LogP) is 2.44. The molecule has 0 fully saturated rings. The normalized spacial score (nSPS) is 10.4. The quantitative estimate of drug-likeness (QED) is 0.280. The van der Waals surface area contributed by atoms with E-state index in [1.807, 2.05) is 6.92 Å². The lowest BCUT2D eigenvalue weighted by molar-refractivity contribution is -0.124. The van der Waals surface area contributed by atoms with Gasteiger partial charge in [0.1, 0.15) is 17.3 Å². The molecule has 0 spiro atoms. The number of hydrogen-bond donors (Lipinski definition) is 4. The molecule has 0 saturated carbocycles. The van der Waals surface area contributed by atoms with Gasteiger partial charge < -0.3 is 14.5 Å². The van der Waals surface area contributed by atoms with Crippen LogP contribution in [-0.4, -0.2) is 29.4 Å². The molecule has 164 valence electrons. The van der Waals surface area contributed by atoms with Gasteiger partial charge in [-0.2, -0.15) is 0 Å². The van der Waals surface area contributed by atoms with E-state index in [9.17, 15) is 14.4 Å². The van der Waals surface area contributed by atoms with Crippen molar-refractivity contribution in [3.63, 3.8) is 0 Å². The van der Waals surface area contributed by atoms with Gasteiger partial charge >= 0.3 is 0 Å². The lowest BCUT2D eigenvalue weighted by Gasteiger charge is -2.10. The maximum absolute atomic E-state index is 12.0. The minimum Gasteiger partial charge on any atom is -0.494 e. The molecule has 4 N–H and O–H groups in total. The summed E-state index contributed by atoms with van der Waals surface area (Å²) < 4.78 is 10.6. The summed E-state index contributed by atoms with van der Waals surface area (Å²) in [5.74, 6) is 0.709. The number of hydrazine groups is 1. The van der Waals surface area contributed by atoms with Gasteiger partial charge in [-0.15, -0.1) is 0 Å². The number of hydrogen-bond acceptors (Lipinski definition) is 6.